The van der Waals surface area contributed by atoms with Gasteiger partial charge in [0, 0.05) is 57.7 Å². The molecule has 0 aliphatic carbocycles. The number of anilines is 2. The molecule has 4 aliphatic rings. The quantitative estimate of drug-likeness (QED) is 0.199. The van der Waals surface area contributed by atoms with Gasteiger partial charge in [0.15, 0.2) is 5.82 Å². The molecule has 0 spiro atoms. The molecular formula is C33H38ClF7N8O2. The lowest BCUT2D eigenvalue weighted by molar-refractivity contribution is -0.140. The normalized spacial score (nSPS) is 24.4. The Morgan fingerprint density at radius 1 is 1.18 bits per heavy atom. The molecule has 10 nitrogen and oxygen atoms in total. The van der Waals surface area contributed by atoms with E-state index in [1.807, 2.05) is 0 Å². The lowest BCUT2D eigenvalue weighted by atomic mass is 9.93. The molecule has 2 saturated heterocycles. The molecule has 0 radical (unpaired) electrons. The smallest absolute Gasteiger partial charge is 0.416 e. The number of hydrogen-bond donors (Lipinski definition) is 2. The first-order chi connectivity index (χ1) is 24.1. The lowest BCUT2D eigenvalue weighted by Gasteiger charge is -2.33. The Hall–Kier alpha value is -3.83. The van der Waals surface area contributed by atoms with Crippen molar-refractivity contribution < 1.29 is 40.2 Å². The molecule has 278 valence electrons. The van der Waals surface area contributed by atoms with Crippen molar-refractivity contribution in [3.05, 3.63) is 62.8 Å². The number of nitrogens with zero attached hydrogens (tertiary/aromatic N) is 6. The highest BCUT2D eigenvalue weighted by Crippen LogP contribution is 2.44. The summed E-state index contributed by atoms with van der Waals surface area (Å²) < 4.78 is 112. The summed E-state index contributed by atoms with van der Waals surface area (Å²) in [6.45, 7) is 1.36. The van der Waals surface area contributed by atoms with Gasteiger partial charge in [0.25, 0.3) is 6.08 Å². The van der Waals surface area contributed by atoms with E-state index in [-0.39, 0.29) is 79.7 Å². The number of fused-ring (bicyclic) bond motifs is 2. The summed E-state index contributed by atoms with van der Waals surface area (Å²) >= 11 is 6.59. The van der Waals surface area contributed by atoms with Gasteiger partial charge in [-0.1, -0.05) is 11.6 Å². The molecular weight excluding hydrogens is 709 g/mol. The Morgan fingerprint density at radius 2 is 1.94 bits per heavy atom. The van der Waals surface area contributed by atoms with Crippen LogP contribution in [-0.4, -0.2) is 90.6 Å². The molecule has 6 rings (SSSR count). The van der Waals surface area contributed by atoms with Crippen molar-refractivity contribution in [1.29, 1.82) is 0 Å². The highest BCUT2D eigenvalue weighted by atomic mass is 35.5. The van der Waals surface area contributed by atoms with Crippen LogP contribution >= 0.6 is 11.6 Å². The Kier molecular flexibility index (Phi) is 10.4. The summed E-state index contributed by atoms with van der Waals surface area (Å²) in [7, 11) is 2.79. The van der Waals surface area contributed by atoms with Crippen LogP contribution in [0.5, 0.6) is 6.01 Å². The second-order valence-corrected chi connectivity index (χ2v) is 13.8. The molecule has 18 heteroatoms. The molecule has 0 saturated carbocycles. The Bertz CT molecular complexity index is 1770. The third kappa shape index (κ3) is 7.29. The van der Waals surface area contributed by atoms with Crippen molar-refractivity contribution in [3.63, 3.8) is 0 Å². The number of likely N-dealkylation sites (N-methyl/N-ethyl adjacent to an activating group) is 1. The van der Waals surface area contributed by atoms with Gasteiger partial charge in [-0.25, -0.2) is 8.78 Å². The van der Waals surface area contributed by atoms with Gasteiger partial charge in [-0.15, -0.1) is 0 Å². The summed E-state index contributed by atoms with van der Waals surface area (Å²) in [6, 6.07) is 1.45. The summed E-state index contributed by atoms with van der Waals surface area (Å²) in [5, 5.41) is -0.187. The first kappa shape index (κ1) is 36.9. The number of benzene rings is 1. The van der Waals surface area contributed by atoms with Gasteiger partial charge in [-0.05, 0) is 37.9 Å². The van der Waals surface area contributed by atoms with E-state index in [9.17, 15) is 26.3 Å². The van der Waals surface area contributed by atoms with Crippen molar-refractivity contribution in [2.24, 2.45) is 10.7 Å². The molecule has 0 amide bonds. The number of halogens is 8. The Labute approximate surface area is 294 Å². The van der Waals surface area contributed by atoms with Crippen LogP contribution in [0.1, 0.15) is 54.2 Å². The number of ether oxygens (including phenoxy) is 2. The van der Waals surface area contributed by atoms with Crippen LogP contribution in [0.15, 0.2) is 39.6 Å². The second-order valence-electron chi connectivity index (χ2n) is 13.4. The number of nitrogen functional groups attached to an aromatic ring is 1. The zero-order valence-corrected chi connectivity index (χ0v) is 28.7. The summed E-state index contributed by atoms with van der Waals surface area (Å²) in [4.78, 5) is 18.7. The molecule has 4 aliphatic heterocycles. The average molecular weight is 747 g/mol. The fourth-order valence-electron chi connectivity index (χ4n) is 7.44. The summed E-state index contributed by atoms with van der Waals surface area (Å²) in [5.41, 5.74) is 8.72. The molecule has 5 heterocycles. The van der Waals surface area contributed by atoms with Crippen LogP contribution in [0, 0.1) is 5.82 Å². The first-order valence-corrected chi connectivity index (χ1v) is 16.8. The highest BCUT2D eigenvalue weighted by molar-refractivity contribution is 6.44. The van der Waals surface area contributed by atoms with Gasteiger partial charge in [-0.3, -0.25) is 9.89 Å². The monoisotopic (exact) mass is 746 g/mol. The fourth-order valence-corrected chi connectivity index (χ4v) is 7.65. The largest absolute Gasteiger partial charge is 0.461 e. The molecule has 0 bridgehead atoms. The predicted molar refractivity (Wildman–Crippen MR) is 177 cm³/mol. The van der Waals surface area contributed by atoms with Crippen molar-refractivity contribution in [2.75, 3.05) is 64.1 Å². The molecule has 3 atom stereocenters. The minimum absolute atomic E-state index is 0.0379. The zero-order valence-electron chi connectivity index (χ0n) is 28.0. The van der Waals surface area contributed by atoms with Gasteiger partial charge in [0.2, 0.25) is 0 Å². The van der Waals surface area contributed by atoms with Crippen LogP contribution in [0.4, 0.5) is 42.2 Å². The van der Waals surface area contributed by atoms with Gasteiger partial charge in [0.1, 0.15) is 24.3 Å². The van der Waals surface area contributed by atoms with E-state index in [0.29, 0.717) is 31.0 Å². The topological polar surface area (TPSA) is 118 Å². The molecule has 1 aromatic heterocycles. The van der Waals surface area contributed by atoms with E-state index >= 15 is 4.39 Å². The van der Waals surface area contributed by atoms with E-state index in [1.165, 1.54) is 14.1 Å². The van der Waals surface area contributed by atoms with Crippen LogP contribution < -0.4 is 21.1 Å². The van der Waals surface area contributed by atoms with Gasteiger partial charge >= 0.3 is 12.2 Å². The number of hydrogen-bond acceptors (Lipinski definition) is 10. The number of alkyl halides is 4. The third-order valence-electron chi connectivity index (χ3n) is 9.83. The molecule has 4 N–H and O–H groups in total. The van der Waals surface area contributed by atoms with Crippen LogP contribution in [0.25, 0.3) is 0 Å². The van der Waals surface area contributed by atoms with Crippen molar-refractivity contribution in [1.82, 2.24) is 19.8 Å². The minimum atomic E-state index is -4.90. The van der Waals surface area contributed by atoms with Crippen LogP contribution in [0.3, 0.4) is 0 Å². The van der Waals surface area contributed by atoms with E-state index in [2.05, 4.69) is 14.9 Å². The van der Waals surface area contributed by atoms with Crippen molar-refractivity contribution in [2.45, 2.75) is 62.7 Å². The summed E-state index contributed by atoms with van der Waals surface area (Å²) in [5.74, 6) is -0.958. The molecule has 51 heavy (non-hydrogen) atoms. The van der Waals surface area contributed by atoms with Gasteiger partial charge < -0.3 is 30.7 Å². The van der Waals surface area contributed by atoms with Gasteiger partial charge in [0.05, 0.1) is 58.2 Å². The maximum atomic E-state index is 15.3. The lowest BCUT2D eigenvalue weighted by Crippen LogP contribution is -2.43. The van der Waals surface area contributed by atoms with Gasteiger partial charge in [-0.2, -0.15) is 31.9 Å². The SMILES string of the molecule is CN(C)C(=C(F)F)/C(N)=C(\Cl)C1=NCCCN(c2nc(OC[C@@]34CCCN3C[C@H](F)C4)nc3c2CO[C@H](c2c(C(F)(F)F)ccc(N)c2F)C3)C1. The second kappa shape index (κ2) is 14.3. The number of aliphatic imine (C=N–C) groups is 1. The minimum Gasteiger partial charge on any atom is -0.461 e. The zero-order chi connectivity index (χ0) is 36.8. The first-order valence-electron chi connectivity index (χ1n) is 16.4. The Morgan fingerprint density at radius 3 is 2.65 bits per heavy atom. The van der Waals surface area contributed by atoms with E-state index in [0.717, 1.165) is 23.9 Å². The maximum Gasteiger partial charge on any atom is 0.416 e. The van der Waals surface area contributed by atoms with E-state index in [1.54, 1.807) is 4.90 Å². The van der Waals surface area contributed by atoms with Crippen molar-refractivity contribution in [3.8, 4) is 6.01 Å². The molecule has 2 fully saturated rings. The average Bonchev–Trinajstić information content (AvgIpc) is 3.47. The predicted octanol–water partition coefficient (Wildman–Crippen LogP) is 5.72. The standard InChI is InChI=1S/C33H38ClF7N8O2/c1-47(2)28(29(37)38)27(43)25(34)22-14-48(9-4-8-44-22)30-18-15-50-23(24-19(33(39,40)41)5-6-20(42)26(24)36)11-21(18)45-31(46-30)51-16-32-7-3-10-49(32)13-17(35)12-32/h5-6,17,23H,3-4,7-16,42-43H2,1-2H3/b27-25+/t17-,23+,32+/m1/s1. The summed E-state index contributed by atoms with van der Waals surface area (Å²) in [6.07, 6.45) is -7.32. The van der Waals surface area contributed by atoms with E-state index < -0.39 is 58.4 Å². The number of rotatable bonds is 8. The van der Waals surface area contributed by atoms with E-state index in [4.69, 9.17) is 37.5 Å². The number of aromatic nitrogens is 2. The highest BCUT2D eigenvalue weighted by Gasteiger charge is 2.49. The molecule has 0 unspecified atom stereocenters. The van der Waals surface area contributed by atoms with Crippen LogP contribution in [0.2, 0.25) is 0 Å². The van der Waals surface area contributed by atoms with Crippen molar-refractivity contribution >= 4 is 28.8 Å². The molecule has 1 aromatic carbocycles. The third-order valence-corrected chi connectivity index (χ3v) is 10.2. The number of nitrogens with two attached hydrogens (primary N) is 2. The Balaban J connectivity index is 1.39. The maximum absolute atomic E-state index is 15.3. The molecule has 2 aromatic rings. The van der Waals surface area contributed by atoms with Crippen LogP contribution in [-0.2, 0) is 23.9 Å². The fraction of sp³-hybridized carbons (Fsp3) is 0.545.